The summed E-state index contributed by atoms with van der Waals surface area (Å²) < 4.78 is 5.16. The van der Waals surface area contributed by atoms with Gasteiger partial charge in [-0.05, 0) is 5.92 Å². The van der Waals surface area contributed by atoms with E-state index in [4.69, 9.17) is 14.9 Å². The summed E-state index contributed by atoms with van der Waals surface area (Å²) in [6.07, 6.45) is 0. The van der Waals surface area contributed by atoms with E-state index < -0.39 is 24.1 Å². The number of carboxylic acid groups (broad SMARTS) is 1. The molecule has 104 valence electrons. The minimum atomic E-state index is -1.06. The second-order valence-electron chi connectivity index (χ2n) is 4.61. The van der Waals surface area contributed by atoms with Crippen LogP contribution in [0.2, 0.25) is 0 Å². The summed E-state index contributed by atoms with van der Waals surface area (Å²) in [5.74, 6) is -1.27. The van der Waals surface area contributed by atoms with Crippen molar-refractivity contribution in [1.82, 2.24) is 10.2 Å². The first-order valence-electron chi connectivity index (χ1n) is 5.96. The molecule has 7 heteroatoms. The molecule has 1 heterocycles. The summed E-state index contributed by atoms with van der Waals surface area (Å²) in [4.78, 5) is 24.4. The molecule has 0 aliphatic carbocycles. The lowest BCUT2D eigenvalue weighted by Crippen LogP contribution is -2.57. The first kappa shape index (κ1) is 14.7. The quantitative estimate of drug-likeness (QED) is 0.633. The third-order valence-corrected chi connectivity index (χ3v) is 2.91. The number of aliphatic hydroxyl groups is 1. The standard InChI is InChI=1S/C11H20N2O5/c1-7(2)9(10(15)16)12-11(17)13-3-4-18-6-8(13)5-14/h7-9,14H,3-6H2,1-2H3,(H,12,17)(H,15,16)/t8?,9-/m1/s1. The Kier molecular flexibility index (Phi) is 5.36. The SMILES string of the molecule is CC(C)[C@@H](NC(=O)N1CCOCC1CO)C(=O)O. The van der Waals surface area contributed by atoms with Crippen LogP contribution in [-0.2, 0) is 9.53 Å². The molecule has 1 aliphatic heterocycles. The predicted molar refractivity (Wildman–Crippen MR) is 63.2 cm³/mol. The van der Waals surface area contributed by atoms with Gasteiger partial charge in [0.2, 0.25) is 0 Å². The summed E-state index contributed by atoms with van der Waals surface area (Å²) in [7, 11) is 0. The molecule has 3 N–H and O–H groups in total. The predicted octanol–water partition coefficient (Wildman–Crippen LogP) is -0.502. The number of hydrogen-bond acceptors (Lipinski definition) is 4. The van der Waals surface area contributed by atoms with Gasteiger partial charge in [-0.15, -0.1) is 0 Å². The van der Waals surface area contributed by atoms with Crippen molar-refractivity contribution in [2.75, 3.05) is 26.4 Å². The van der Waals surface area contributed by atoms with E-state index >= 15 is 0 Å². The van der Waals surface area contributed by atoms with Gasteiger partial charge in [-0.3, -0.25) is 0 Å². The van der Waals surface area contributed by atoms with Crippen molar-refractivity contribution < 1.29 is 24.5 Å². The zero-order chi connectivity index (χ0) is 13.7. The van der Waals surface area contributed by atoms with Gasteiger partial charge in [0.05, 0.1) is 25.9 Å². The summed E-state index contributed by atoms with van der Waals surface area (Å²) in [5.41, 5.74) is 0. The number of nitrogens with zero attached hydrogens (tertiary/aromatic N) is 1. The van der Waals surface area contributed by atoms with Gasteiger partial charge in [0.25, 0.3) is 0 Å². The molecule has 0 saturated carbocycles. The minimum absolute atomic E-state index is 0.202. The molecule has 1 unspecified atom stereocenters. The molecular formula is C11H20N2O5. The average molecular weight is 260 g/mol. The lowest BCUT2D eigenvalue weighted by Gasteiger charge is -2.35. The average Bonchev–Trinajstić information content (AvgIpc) is 2.34. The lowest BCUT2D eigenvalue weighted by atomic mass is 10.1. The highest BCUT2D eigenvalue weighted by atomic mass is 16.5. The molecule has 0 aromatic carbocycles. The van der Waals surface area contributed by atoms with Gasteiger partial charge < -0.3 is 25.2 Å². The van der Waals surface area contributed by atoms with Gasteiger partial charge in [0, 0.05) is 6.54 Å². The maximum atomic E-state index is 12.0. The smallest absolute Gasteiger partial charge is 0.326 e. The van der Waals surface area contributed by atoms with Crippen LogP contribution in [0.25, 0.3) is 0 Å². The molecule has 1 fully saturated rings. The first-order chi connectivity index (χ1) is 8.47. The van der Waals surface area contributed by atoms with E-state index in [1.54, 1.807) is 13.8 Å². The number of nitrogens with one attached hydrogen (secondary N) is 1. The second kappa shape index (κ2) is 6.55. The largest absolute Gasteiger partial charge is 0.480 e. The van der Waals surface area contributed by atoms with Crippen molar-refractivity contribution in [2.45, 2.75) is 25.9 Å². The van der Waals surface area contributed by atoms with Crippen molar-refractivity contribution in [3.05, 3.63) is 0 Å². The van der Waals surface area contributed by atoms with Crippen LogP contribution in [-0.4, -0.2) is 65.6 Å². The number of carboxylic acids is 1. The van der Waals surface area contributed by atoms with E-state index in [1.165, 1.54) is 4.90 Å². The molecule has 0 radical (unpaired) electrons. The molecule has 7 nitrogen and oxygen atoms in total. The van der Waals surface area contributed by atoms with Crippen LogP contribution in [0, 0.1) is 5.92 Å². The van der Waals surface area contributed by atoms with E-state index in [0.717, 1.165) is 0 Å². The van der Waals surface area contributed by atoms with Gasteiger partial charge in [-0.1, -0.05) is 13.8 Å². The van der Waals surface area contributed by atoms with Gasteiger partial charge in [-0.2, -0.15) is 0 Å². The van der Waals surface area contributed by atoms with Gasteiger partial charge >= 0.3 is 12.0 Å². The lowest BCUT2D eigenvalue weighted by molar-refractivity contribution is -0.140. The number of amides is 2. The number of carbonyl (C=O) groups excluding carboxylic acids is 1. The molecule has 0 aromatic rings. The zero-order valence-corrected chi connectivity index (χ0v) is 10.6. The van der Waals surface area contributed by atoms with Crippen LogP contribution in [0.5, 0.6) is 0 Å². The van der Waals surface area contributed by atoms with Crippen LogP contribution in [0.3, 0.4) is 0 Å². The third kappa shape index (κ3) is 3.58. The molecular weight excluding hydrogens is 240 g/mol. The topological polar surface area (TPSA) is 99.1 Å². The van der Waals surface area contributed by atoms with Crippen molar-refractivity contribution in [2.24, 2.45) is 5.92 Å². The number of urea groups is 1. The summed E-state index contributed by atoms with van der Waals surface area (Å²) in [6, 6.07) is -1.82. The Morgan fingerprint density at radius 3 is 2.67 bits per heavy atom. The first-order valence-corrected chi connectivity index (χ1v) is 5.96. The third-order valence-electron chi connectivity index (χ3n) is 2.91. The molecule has 1 rings (SSSR count). The normalized spacial score (nSPS) is 21.8. The van der Waals surface area contributed by atoms with E-state index in [2.05, 4.69) is 5.32 Å². The number of morpholine rings is 1. The van der Waals surface area contributed by atoms with E-state index in [0.29, 0.717) is 13.2 Å². The summed E-state index contributed by atoms with van der Waals surface area (Å²) in [5, 5.41) is 20.6. The Morgan fingerprint density at radius 1 is 1.50 bits per heavy atom. The Labute approximate surface area is 106 Å². The summed E-state index contributed by atoms with van der Waals surface area (Å²) >= 11 is 0. The van der Waals surface area contributed by atoms with Crippen LogP contribution in [0.1, 0.15) is 13.8 Å². The number of ether oxygens (including phenoxy) is 1. The Hall–Kier alpha value is -1.34. The molecule has 0 spiro atoms. The number of aliphatic carboxylic acids is 1. The van der Waals surface area contributed by atoms with Gasteiger partial charge in [0.1, 0.15) is 6.04 Å². The summed E-state index contributed by atoms with van der Waals surface area (Å²) in [6.45, 7) is 4.25. The molecule has 1 aliphatic rings. The maximum absolute atomic E-state index is 12.0. The molecule has 1 saturated heterocycles. The molecule has 0 aromatic heterocycles. The monoisotopic (exact) mass is 260 g/mol. The van der Waals surface area contributed by atoms with Crippen molar-refractivity contribution in [3.63, 3.8) is 0 Å². The van der Waals surface area contributed by atoms with E-state index in [-0.39, 0.29) is 19.1 Å². The fourth-order valence-electron chi connectivity index (χ4n) is 1.80. The molecule has 2 amide bonds. The van der Waals surface area contributed by atoms with Gasteiger partial charge in [0.15, 0.2) is 0 Å². The second-order valence-corrected chi connectivity index (χ2v) is 4.61. The fourth-order valence-corrected chi connectivity index (χ4v) is 1.80. The Morgan fingerprint density at radius 2 is 2.17 bits per heavy atom. The van der Waals surface area contributed by atoms with Crippen LogP contribution >= 0.6 is 0 Å². The highest BCUT2D eigenvalue weighted by molar-refractivity contribution is 5.83. The number of rotatable bonds is 4. The Bertz CT molecular complexity index is 308. The van der Waals surface area contributed by atoms with E-state index in [1.807, 2.05) is 0 Å². The highest BCUT2D eigenvalue weighted by Gasteiger charge is 2.30. The number of hydrogen-bond donors (Lipinski definition) is 3. The van der Waals surface area contributed by atoms with Crippen LogP contribution in [0.15, 0.2) is 0 Å². The molecule has 18 heavy (non-hydrogen) atoms. The van der Waals surface area contributed by atoms with Gasteiger partial charge in [-0.25, -0.2) is 9.59 Å². The molecule has 2 atom stereocenters. The Balaban J connectivity index is 2.64. The fraction of sp³-hybridized carbons (Fsp3) is 0.818. The minimum Gasteiger partial charge on any atom is -0.480 e. The zero-order valence-electron chi connectivity index (χ0n) is 10.6. The van der Waals surface area contributed by atoms with Crippen molar-refractivity contribution >= 4 is 12.0 Å². The molecule has 0 bridgehead atoms. The number of aliphatic hydroxyl groups excluding tert-OH is 1. The number of carbonyl (C=O) groups is 2. The van der Waals surface area contributed by atoms with Crippen molar-refractivity contribution in [1.29, 1.82) is 0 Å². The van der Waals surface area contributed by atoms with Crippen LogP contribution < -0.4 is 5.32 Å². The van der Waals surface area contributed by atoms with E-state index in [9.17, 15) is 9.59 Å². The van der Waals surface area contributed by atoms with Crippen molar-refractivity contribution in [3.8, 4) is 0 Å². The maximum Gasteiger partial charge on any atom is 0.326 e. The highest BCUT2D eigenvalue weighted by Crippen LogP contribution is 2.09. The van der Waals surface area contributed by atoms with Crippen LogP contribution in [0.4, 0.5) is 4.79 Å².